The summed E-state index contributed by atoms with van der Waals surface area (Å²) in [6, 6.07) is 0. The number of carbonyl (C=O) groups is 1. The van der Waals surface area contributed by atoms with Crippen LogP contribution < -0.4 is 0 Å². The number of hydrogen-bond acceptors (Lipinski definition) is 1. The topological polar surface area (TPSA) is 37.3 Å². The SMILES string of the molecule is C[C@H](CCC(C)(C)C)C(=O)O. The summed E-state index contributed by atoms with van der Waals surface area (Å²) in [6.07, 6.45) is 1.75. The van der Waals surface area contributed by atoms with Gasteiger partial charge in [-0.15, -0.1) is 0 Å². The summed E-state index contributed by atoms with van der Waals surface area (Å²) in [5.74, 6) is -0.886. The van der Waals surface area contributed by atoms with Gasteiger partial charge >= 0.3 is 5.97 Å². The van der Waals surface area contributed by atoms with E-state index < -0.39 is 5.97 Å². The lowest BCUT2D eigenvalue weighted by Crippen LogP contribution is -2.13. The number of aliphatic carboxylic acids is 1. The molecule has 11 heavy (non-hydrogen) atoms. The Balaban J connectivity index is 3.63. The lowest BCUT2D eigenvalue weighted by atomic mass is 9.87. The molecule has 1 N–H and O–H groups in total. The zero-order chi connectivity index (χ0) is 9.07. The second kappa shape index (κ2) is 3.74. The lowest BCUT2D eigenvalue weighted by Gasteiger charge is -2.18. The molecule has 1 atom stereocenters. The molecule has 0 amide bonds. The van der Waals surface area contributed by atoms with Gasteiger partial charge in [0.05, 0.1) is 5.92 Å². The first-order valence-electron chi connectivity index (χ1n) is 4.06. The Kier molecular flexibility index (Phi) is 3.56. The van der Waals surface area contributed by atoms with Gasteiger partial charge in [-0.2, -0.15) is 0 Å². The van der Waals surface area contributed by atoms with Crippen molar-refractivity contribution in [3.8, 4) is 0 Å². The average molecular weight is 158 g/mol. The Bertz CT molecular complexity index is 133. The average Bonchev–Trinajstić information content (AvgIpc) is 1.80. The van der Waals surface area contributed by atoms with Gasteiger partial charge in [-0.1, -0.05) is 27.7 Å². The highest BCUT2D eigenvalue weighted by Gasteiger charge is 2.16. The van der Waals surface area contributed by atoms with E-state index >= 15 is 0 Å². The first kappa shape index (κ1) is 10.5. The van der Waals surface area contributed by atoms with E-state index in [9.17, 15) is 4.79 Å². The minimum Gasteiger partial charge on any atom is -0.481 e. The van der Waals surface area contributed by atoms with Crippen molar-refractivity contribution in [1.82, 2.24) is 0 Å². The summed E-state index contributed by atoms with van der Waals surface area (Å²) in [7, 11) is 0. The van der Waals surface area contributed by atoms with Crippen molar-refractivity contribution >= 4 is 5.97 Å². The van der Waals surface area contributed by atoms with Crippen LogP contribution in [-0.4, -0.2) is 11.1 Å². The van der Waals surface area contributed by atoms with Gasteiger partial charge in [0, 0.05) is 0 Å². The van der Waals surface area contributed by atoms with Crippen LogP contribution in [-0.2, 0) is 4.79 Å². The van der Waals surface area contributed by atoms with E-state index in [4.69, 9.17) is 5.11 Å². The Hall–Kier alpha value is -0.530. The van der Waals surface area contributed by atoms with Crippen LogP contribution in [0.15, 0.2) is 0 Å². The normalized spacial score (nSPS) is 14.5. The van der Waals surface area contributed by atoms with Crippen molar-refractivity contribution in [2.24, 2.45) is 11.3 Å². The van der Waals surface area contributed by atoms with Crippen LogP contribution in [0.5, 0.6) is 0 Å². The molecule has 0 saturated carbocycles. The molecule has 0 aliphatic rings. The molecule has 0 heterocycles. The Morgan fingerprint density at radius 2 is 1.91 bits per heavy atom. The fraction of sp³-hybridized carbons (Fsp3) is 0.889. The van der Waals surface area contributed by atoms with Crippen molar-refractivity contribution in [2.45, 2.75) is 40.5 Å². The molecular weight excluding hydrogens is 140 g/mol. The first-order valence-corrected chi connectivity index (χ1v) is 4.06. The minimum absolute atomic E-state index is 0.200. The molecule has 0 aromatic heterocycles. The molecular formula is C9H18O2. The molecule has 0 rings (SSSR count). The van der Waals surface area contributed by atoms with Crippen LogP contribution in [0, 0.1) is 11.3 Å². The van der Waals surface area contributed by atoms with Gasteiger partial charge in [0.2, 0.25) is 0 Å². The van der Waals surface area contributed by atoms with Gasteiger partial charge in [-0.25, -0.2) is 0 Å². The number of rotatable bonds is 3. The fourth-order valence-corrected chi connectivity index (χ4v) is 0.773. The summed E-state index contributed by atoms with van der Waals surface area (Å²) in [5, 5.41) is 8.58. The Morgan fingerprint density at radius 3 is 2.18 bits per heavy atom. The summed E-state index contributed by atoms with van der Waals surface area (Å²) < 4.78 is 0. The highest BCUT2D eigenvalue weighted by atomic mass is 16.4. The summed E-state index contributed by atoms with van der Waals surface area (Å²) in [6.45, 7) is 8.14. The summed E-state index contributed by atoms with van der Waals surface area (Å²) in [4.78, 5) is 10.4. The molecule has 0 spiro atoms. The minimum atomic E-state index is -0.686. The number of carboxylic acids is 1. The van der Waals surface area contributed by atoms with Crippen LogP contribution in [0.1, 0.15) is 40.5 Å². The predicted octanol–water partition coefficient (Wildman–Crippen LogP) is 2.53. The maximum absolute atomic E-state index is 10.4. The molecule has 66 valence electrons. The number of carboxylic acid groups (broad SMARTS) is 1. The van der Waals surface area contributed by atoms with Crippen LogP contribution in [0.3, 0.4) is 0 Å². The van der Waals surface area contributed by atoms with Crippen LogP contribution in [0.25, 0.3) is 0 Å². The maximum Gasteiger partial charge on any atom is 0.306 e. The van der Waals surface area contributed by atoms with Crippen molar-refractivity contribution in [1.29, 1.82) is 0 Å². The first-order chi connectivity index (χ1) is 4.83. The molecule has 0 saturated heterocycles. The van der Waals surface area contributed by atoms with E-state index in [0.717, 1.165) is 12.8 Å². The molecule has 0 aliphatic carbocycles. The van der Waals surface area contributed by atoms with Crippen molar-refractivity contribution in [3.63, 3.8) is 0 Å². The zero-order valence-electron chi connectivity index (χ0n) is 7.85. The third-order valence-electron chi connectivity index (χ3n) is 1.75. The lowest BCUT2D eigenvalue weighted by molar-refractivity contribution is -0.141. The van der Waals surface area contributed by atoms with Crippen molar-refractivity contribution in [3.05, 3.63) is 0 Å². The van der Waals surface area contributed by atoms with Crippen molar-refractivity contribution < 1.29 is 9.90 Å². The van der Waals surface area contributed by atoms with Gasteiger partial charge in [-0.3, -0.25) is 4.79 Å². The second-order valence-corrected chi connectivity index (χ2v) is 4.34. The molecule has 0 radical (unpaired) electrons. The summed E-state index contributed by atoms with van der Waals surface area (Å²) >= 11 is 0. The number of hydrogen-bond donors (Lipinski definition) is 1. The standard InChI is InChI=1S/C9H18O2/c1-7(8(10)11)5-6-9(2,3)4/h7H,5-6H2,1-4H3,(H,10,11)/t7-/m1/s1. The van der Waals surface area contributed by atoms with Gasteiger partial charge < -0.3 is 5.11 Å². The molecule has 0 fully saturated rings. The molecule has 0 aromatic carbocycles. The quantitative estimate of drug-likeness (QED) is 0.685. The Morgan fingerprint density at radius 1 is 1.45 bits per heavy atom. The highest BCUT2D eigenvalue weighted by molar-refractivity contribution is 5.69. The molecule has 0 bridgehead atoms. The maximum atomic E-state index is 10.4. The second-order valence-electron chi connectivity index (χ2n) is 4.34. The van der Waals surface area contributed by atoms with Gasteiger partial charge in [0.15, 0.2) is 0 Å². The molecule has 2 heteroatoms. The van der Waals surface area contributed by atoms with Gasteiger partial charge in [0.1, 0.15) is 0 Å². The highest BCUT2D eigenvalue weighted by Crippen LogP contribution is 2.23. The third-order valence-corrected chi connectivity index (χ3v) is 1.75. The molecule has 2 nitrogen and oxygen atoms in total. The van der Waals surface area contributed by atoms with E-state index in [0.29, 0.717) is 0 Å². The van der Waals surface area contributed by atoms with Crippen LogP contribution >= 0.6 is 0 Å². The van der Waals surface area contributed by atoms with Crippen molar-refractivity contribution in [2.75, 3.05) is 0 Å². The Labute approximate surface area is 68.6 Å². The van der Waals surface area contributed by atoms with E-state index in [-0.39, 0.29) is 11.3 Å². The van der Waals surface area contributed by atoms with E-state index in [1.165, 1.54) is 0 Å². The smallest absolute Gasteiger partial charge is 0.306 e. The van der Waals surface area contributed by atoms with E-state index in [1.807, 2.05) is 0 Å². The largest absolute Gasteiger partial charge is 0.481 e. The molecule has 0 aliphatic heterocycles. The van der Waals surface area contributed by atoms with Crippen LogP contribution in [0.4, 0.5) is 0 Å². The van der Waals surface area contributed by atoms with Crippen LogP contribution in [0.2, 0.25) is 0 Å². The third kappa shape index (κ3) is 5.89. The predicted molar refractivity (Wildman–Crippen MR) is 45.5 cm³/mol. The molecule has 0 aromatic rings. The van der Waals surface area contributed by atoms with E-state index in [2.05, 4.69) is 20.8 Å². The van der Waals surface area contributed by atoms with Gasteiger partial charge in [-0.05, 0) is 18.3 Å². The summed E-state index contributed by atoms with van der Waals surface area (Å²) in [5.41, 5.74) is 0.254. The zero-order valence-corrected chi connectivity index (χ0v) is 7.85. The molecule has 0 unspecified atom stereocenters. The van der Waals surface area contributed by atoms with E-state index in [1.54, 1.807) is 6.92 Å². The van der Waals surface area contributed by atoms with Gasteiger partial charge in [0.25, 0.3) is 0 Å². The fourth-order valence-electron chi connectivity index (χ4n) is 0.773. The monoisotopic (exact) mass is 158 g/mol.